The number of H-pyrrole nitrogens is 1. The molecule has 2 unspecified atom stereocenters. The summed E-state index contributed by atoms with van der Waals surface area (Å²) in [5.74, 6) is -1.23. The van der Waals surface area contributed by atoms with Gasteiger partial charge in [0.15, 0.2) is 0 Å². The fourth-order valence-corrected chi connectivity index (χ4v) is 3.02. The number of fused-ring (bicyclic) bond motifs is 1. The molecule has 6 nitrogen and oxygen atoms in total. The smallest absolute Gasteiger partial charge is 0.306 e. The van der Waals surface area contributed by atoms with E-state index in [2.05, 4.69) is 15.5 Å². The van der Waals surface area contributed by atoms with Crippen LogP contribution in [0.4, 0.5) is 0 Å². The summed E-state index contributed by atoms with van der Waals surface area (Å²) in [5, 5.41) is 19.6. The molecule has 1 aromatic heterocycles. The van der Waals surface area contributed by atoms with Gasteiger partial charge in [0.2, 0.25) is 0 Å². The first-order chi connectivity index (χ1) is 10.1. The van der Waals surface area contributed by atoms with Gasteiger partial charge in [-0.15, -0.1) is 0 Å². The number of hydrogen-bond acceptors (Lipinski definition) is 3. The molecule has 1 saturated carbocycles. The molecular weight excluding hydrogens is 270 g/mol. The van der Waals surface area contributed by atoms with Crippen molar-refractivity contribution in [2.75, 3.05) is 6.54 Å². The number of carbonyl (C=O) groups excluding carboxylic acids is 1. The zero-order chi connectivity index (χ0) is 14.8. The van der Waals surface area contributed by atoms with E-state index in [0.29, 0.717) is 18.5 Å². The van der Waals surface area contributed by atoms with Crippen LogP contribution in [0, 0.1) is 11.8 Å². The molecule has 1 fully saturated rings. The Balaban J connectivity index is 1.64. The summed E-state index contributed by atoms with van der Waals surface area (Å²) in [7, 11) is 0. The largest absolute Gasteiger partial charge is 0.481 e. The normalized spacial score (nSPS) is 21.5. The number of carbonyl (C=O) groups is 2. The SMILES string of the molecule is O=C(NCC1CCCC1C(=O)O)c1ccc2[nH]ncc2c1. The Morgan fingerprint density at radius 3 is 3.05 bits per heavy atom. The molecule has 110 valence electrons. The molecule has 1 aliphatic rings. The van der Waals surface area contributed by atoms with Crippen LogP contribution in [0.1, 0.15) is 29.6 Å². The lowest BCUT2D eigenvalue weighted by molar-refractivity contribution is -0.142. The van der Waals surface area contributed by atoms with Gasteiger partial charge in [0, 0.05) is 17.5 Å². The molecule has 1 amide bonds. The summed E-state index contributed by atoms with van der Waals surface area (Å²) >= 11 is 0. The third kappa shape index (κ3) is 2.74. The van der Waals surface area contributed by atoms with Crippen LogP contribution in [0.15, 0.2) is 24.4 Å². The minimum Gasteiger partial charge on any atom is -0.481 e. The number of aliphatic carboxylic acids is 1. The first kappa shape index (κ1) is 13.6. The molecule has 1 aromatic carbocycles. The maximum atomic E-state index is 12.2. The van der Waals surface area contributed by atoms with Crippen molar-refractivity contribution in [3.8, 4) is 0 Å². The number of rotatable bonds is 4. The van der Waals surface area contributed by atoms with Crippen LogP contribution in [0.5, 0.6) is 0 Å². The van der Waals surface area contributed by atoms with E-state index in [-0.39, 0.29) is 17.7 Å². The number of aromatic amines is 1. The summed E-state index contributed by atoms with van der Waals surface area (Å²) in [6.07, 6.45) is 4.15. The van der Waals surface area contributed by atoms with Crippen LogP contribution in [0.2, 0.25) is 0 Å². The average molecular weight is 287 g/mol. The third-order valence-electron chi connectivity index (χ3n) is 4.20. The minimum atomic E-state index is -0.758. The summed E-state index contributed by atoms with van der Waals surface area (Å²) in [4.78, 5) is 23.3. The van der Waals surface area contributed by atoms with Crippen molar-refractivity contribution in [2.24, 2.45) is 11.8 Å². The fourth-order valence-electron chi connectivity index (χ4n) is 3.02. The lowest BCUT2D eigenvalue weighted by atomic mass is 9.96. The number of carboxylic acid groups (broad SMARTS) is 1. The van der Waals surface area contributed by atoms with E-state index < -0.39 is 5.97 Å². The van der Waals surface area contributed by atoms with E-state index in [0.717, 1.165) is 23.7 Å². The number of benzene rings is 1. The van der Waals surface area contributed by atoms with Crippen molar-refractivity contribution < 1.29 is 14.7 Å². The van der Waals surface area contributed by atoms with Gasteiger partial charge in [-0.2, -0.15) is 5.10 Å². The second-order valence-corrected chi connectivity index (χ2v) is 5.52. The van der Waals surface area contributed by atoms with Crippen LogP contribution in [-0.2, 0) is 4.79 Å². The predicted molar refractivity (Wildman–Crippen MR) is 76.9 cm³/mol. The van der Waals surface area contributed by atoms with Gasteiger partial charge in [0.1, 0.15) is 0 Å². The van der Waals surface area contributed by atoms with Crippen molar-refractivity contribution in [1.29, 1.82) is 0 Å². The van der Waals surface area contributed by atoms with Gasteiger partial charge in [0.25, 0.3) is 5.91 Å². The number of amides is 1. The second kappa shape index (κ2) is 5.55. The standard InChI is InChI=1S/C15H17N3O3/c19-14(9-4-5-13-11(6-9)8-17-18-13)16-7-10-2-1-3-12(10)15(20)21/h4-6,8,10,12H,1-3,7H2,(H,16,19)(H,17,18)(H,20,21). The molecule has 2 atom stereocenters. The molecule has 1 aliphatic carbocycles. The Kier molecular flexibility index (Phi) is 3.60. The Morgan fingerprint density at radius 2 is 2.24 bits per heavy atom. The van der Waals surface area contributed by atoms with E-state index in [4.69, 9.17) is 5.11 Å². The molecule has 0 radical (unpaired) electrons. The van der Waals surface area contributed by atoms with E-state index in [1.54, 1.807) is 18.3 Å². The summed E-state index contributed by atoms with van der Waals surface area (Å²) in [5.41, 5.74) is 1.45. The maximum Gasteiger partial charge on any atom is 0.306 e. The molecule has 21 heavy (non-hydrogen) atoms. The topological polar surface area (TPSA) is 95.1 Å². The first-order valence-corrected chi connectivity index (χ1v) is 7.09. The molecule has 3 N–H and O–H groups in total. The van der Waals surface area contributed by atoms with Crippen molar-refractivity contribution in [3.63, 3.8) is 0 Å². The van der Waals surface area contributed by atoms with Gasteiger partial charge in [-0.3, -0.25) is 14.7 Å². The Hall–Kier alpha value is -2.37. The van der Waals surface area contributed by atoms with Gasteiger partial charge < -0.3 is 10.4 Å². The van der Waals surface area contributed by atoms with E-state index in [9.17, 15) is 9.59 Å². The first-order valence-electron chi connectivity index (χ1n) is 7.09. The number of carboxylic acids is 1. The lowest BCUT2D eigenvalue weighted by Gasteiger charge is -2.16. The highest BCUT2D eigenvalue weighted by atomic mass is 16.4. The average Bonchev–Trinajstić information content (AvgIpc) is 3.12. The number of aromatic nitrogens is 2. The molecule has 0 saturated heterocycles. The van der Waals surface area contributed by atoms with Gasteiger partial charge in [-0.1, -0.05) is 6.42 Å². The Labute approximate surface area is 121 Å². The van der Waals surface area contributed by atoms with Crippen molar-refractivity contribution in [1.82, 2.24) is 15.5 Å². The zero-order valence-corrected chi connectivity index (χ0v) is 11.5. The summed E-state index contributed by atoms with van der Waals surface area (Å²) < 4.78 is 0. The van der Waals surface area contributed by atoms with Crippen molar-refractivity contribution in [3.05, 3.63) is 30.0 Å². The van der Waals surface area contributed by atoms with E-state index in [1.807, 2.05) is 6.07 Å². The highest BCUT2D eigenvalue weighted by Crippen LogP contribution is 2.31. The van der Waals surface area contributed by atoms with Gasteiger partial charge in [-0.05, 0) is 37.0 Å². The van der Waals surface area contributed by atoms with Crippen LogP contribution in [0.3, 0.4) is 0 Å². The van der Waals surface area contributed by atoms with E-state index >= 15 is 0 Å². The Morgan fingerprint density at radius 1 is 1.38 bits per heavy atom. The maximum absolute atomic E-state index is 12.2. The second-order valence-electron chi connectivity index (χ2n) is 5.52. The highest BCUT2D eigenvalue weighted by molar-refractivity contribution is 5.97. The van der Waals surface area contributed by atoms with Gasteiger partial charge in [-0.25, -0.2) is 0 Å². The molecular formula is C15H17N3O3. The van der Waals surface area contributed by atoms with Gasteiger partial charge >= 0.3 is 5.97 Å². The number of hydrogen-bond donors (Lipinski definition) is 3. The quantitative estimate of drug-likeness (QED) is 0.799. The third-order valence-corrected chi connectivity index (χ3v) is 4.20. The van der Waals surface area contributed by atoms with Gasteiger partial charge in [0.05, 0.1) is 17.6 Å². The summed E-state index contributed by atoms with van der Waals surface area (Å²) in [6.45, 7) is 0.416. The minimum absolute atomic E-state index is 0.0316. The number of nitrogens with zero attached hydrogens (tertiary/aromatic N) is 1. The van der Waals surface area contributed by atoms with E-state index in [1.165, 1.54) is 0 Å². The molecule has 3 rings (SSSR count). The molecule has 2 aromatic rings. The fraction of sp³-hybridized carbons (Fsp3) is 0.400. The summed E-state index contributed by atoms with van der Waals surface area (Å²) in [6, 6.07) is 5.32. The van der Waals surface area contributed by atoms with Crippen LogP contribution < -0.4 is 5.32 Å². The highest BCUT2D eigenvalue weighted by Gasteiger charge is 2.32. The van der Waals surface area contributed by atoms with Crippen LogP contribution in [-0.4, -0.2) is 33.7 Å². The molecule has 0 aliphatic heterocycles. The van der Waals surface area contributed by atoms with Crippen molar-refractivity contribution >= 4 is 22.8 Å². The molecule has 0 spiro atoms. The van der Waals surface area contributed by atoms with Crippen LogP contribution in [0.25, 0.3) is 10.9 Å². The molecule has 6 heteroatoms. The Bertz CT molecular complexity index is 680. The molecule has 0 bridgehead atoms. The number of nitrogens with one attached hydrogen (secondary N) is 2. The molecule has 1 heterocycles. The van der Waals surface area contributed by atoms with Crippen molar-refractivity contribution in [2.45, 2.75) is 19.3 Å². The zero-order valence-electron chi connectivity index (χ0n) is 11.5. The lowest BCUT2D eigenvalue weighted by Crippen LogP contribution is -2.33. The van der Waals surface area contributed by atoms with Crippen LogP contribution >= 0.6 is 0 Å². The predicted octanol–water partition coefficient (Wildman–Crippen LogP) is 1.79. The monoisotopic (exact) mass is 287 g/mol.